The summed E-state index contributed by atoms with van der Waals surface area (Å²) in [4.78, 5) is 2.50. The van der Waals surface area contributed by atoms with Crippen molar-refractivity contribution in [3.8, 4) is 0 Å². The van der Waals surface area contributed by atoms with Gasteiger partial charge in [0.15, 0.2) is 0 Å². The predicted molar refractivity (Wildman–Crippen MR) is 76.1 cm³/mol. The first-order chi connectivity index (χ1) is 8.70. The highest BCUT2D eigenvalue weighted by Crippen LogP contribution is 2.20. The topological polar surface area (TPSA) is 15.3 Å². The lowest BCUT2D eigenvalue weighted by Crippen LogP contribution is -2.50. The van der Waals surface area contributed by atoms with Gasteiger partial charge in [0.25, 0.3) is 0 Å². The third-order valence-corrected chi connectivity index (χ3v) is 4.07. The largest absolute Gasteiger partial charge is 0.314 e. The Labute approximate surface area is 117 Å². The molecule has 1 aliphatic heterocycles. The number of hydrogen-bond donors (Lipinski definition) is 1. The molecule has 1 atom stereocenters. The molecule has 100 valence electrons. The standard InChI is InChI=1S/C14H20BrFN2/c1-2-3-12-9-17-6-7-18(12)10-11-4-5-14(16)13(15)8-11/h4-5,8,12,17H,2-3,6-7,9-10H2,1H3. The Morgan fingerprint density at radius 1 is 1.50 bits per heavy atom. The van der Waals surface area contributed by atoms with Crippen LogP contribution in [0.3, 0.4) is 0 Å². The summed E-state index contributed by atoms with van der Waals surface area (Å²) in [6.45, 7) is 6.31. The highest BCUT2D eigenvalue weighted by molar-refractivity contribution is 9.10. The molecule has 0 amide bonds. The van der Waals surface area contributed by atoms with E-state index in [4.69, 9.17) is 0 Å². The first-order valence-electron chi connectivity index (χ1n) is 6.59. The summed E-state index contributed by atoms with van der Waals surface area (Å²) < 4.78 is 13.8. The van der Waals surface area contributed by atoms with Gasteiger partial charge in [-0.25, -0.2) is 4.39 Å². The Morgan fingerprint density at radius 2 is 2.33 bits per heavy atom. The van der Waals surface area contributed by atoms with Gasteiger partial charge in [0.1, 0.15) is 5.82 Å². The second-order valence-corrected chi connectivity index (χ2v) is 5.72. The average molecular weight is 315 g/mol. The first kappa shape index (κ1) is 14.0. The van der Waals surface area contributed by atoms with Crippen molar-refractivity contribution in [2.45, 2.75) is 32.4 Å². The molecule has 0 spiro atoms. The monoisotopic (exact) mass is 314 g/mol. The summed E-state index contributed by atoms with van der Waals surface area (Å²) in [5.74, 6) is -0.191. The van der Waals surface area contributed by atoms with E-state index >= 15 is 0 Å². The van der Waals surface area contributed by atoms with E-state index in [0.29, 0.717) is 10.5 Å². The van der Waals surface area contributed by atoms with Crippen molar-refractivity contribution in [2.75, 3.05) is 19.6 Å². The summed E-state index contributed by atoms with van der Waals surface area (Å²) in [5.41, 5.74) is 1.17. The predicted octanol–water partition coefficient (Wildman–Crippen LogP) is 3.16. The Morgan fingerprint density at radius 3 is 3.06 bits per heavy atom. The summed E-state index contributed by atoms with van der Waals surface area (Å²) in [5, 5.41) is 3.44. The van der Waals surface area contributed by atoms with Crippen LogP contribution in [0.1, 0.15) is 25.3 Å². The third kappa shape index (κ3) is 3.53. The molecule has 1 aromatic rings. The van der Waals surface area contributed by atoms with Crippen LogP contribution in [0.2, 0.25) is 0 Å². The van der Waals surface area contributed by atoms with Crippen LogP contribution in [-0.4, -0.2) is 30.6 Å². The van der Waals surface area contributed by atoms with Gasteiger partial charge in [0.05, 0.1) is 4.47 Å². The first-order valence-corrected chi connectivity index (χ1v) is 7.38. The Balaban J connectivity index is 2.03. The summed E-state index contributed by atoms with van der Waals surface area (Å²) in [6.07, 6.45) is 2.42. The second-order valence-electron chi connectivity index (χ2n) is 4.87. The van der Waals surface area contributed by atoms with E-state index in [1.807, 2.05) is 12.1 Å². The lowest BCUT2D eigenvalue weighted by Gasteiger charge is -2.36. The molecule has 2 rings (SSSR count). The fourth-order valence-corrected chi connectivity index (χ4v) is 2.93. The van der Waals surface area contributed by atoms with E-state index in [1.165, 1.54) is 24.5 Å². The molecule has 0 aliphatic carbocycles. The fraction of sp³-hybridized carbons (Fsp3) is 0.571. The molecular formula is C14H20BrFN2. The normalized spacial score (nSPS) is 21.2. The number of benzene rings is 1. The molecule has 0 radical (unpaired) electrons. The zero-order chi connectivity index (χ0) is 13.0. The highest BCUT2D eigenvalue weighted by Gasteiger charge is 2.21. The van der Waals surface area contributed by atoms with Gasteiger partial charge in [-0.15, -0.1) is 0 Å². The van der Waals surface area contributed by atoms with Crippen molar-refractivity contribution < 1.29 is 4.39 Å². The Kier molecular flexibility index (Phi) is 5.15. The molecule has 18 heavy (non-hydrogen) atoms. The van der Waals surface area contributed by atoms with Crippen LogP contribution in [0, 0.1) is 5.82 Å². The van der Waals surface area contributed by atoms with Gasteiger partial charge in [-0.2, -0.15) is 0 Å². The van der Waals surface area contributed by atoms with Crippen LogP contribution in [0.5, 0.6) is 0 Å². The van der Waals surface area contributed by atoms with Crippen LogP contribution >= 0.6 is 15.9 Å². The number of nitrogens with zero attached hydrogens (tertiary/aromatic N) is 1. The molecule has 1 saturated heterocycles. The summed E-state index contributed by atoms with van der Waals surface area (Å²) in [6, 6.07) is 5.91. The van der Waals surface area contributed by atoms with Crippen LogP contribution in [0.4, 0.5) is 4.39 Å². The number of halogens is 2. The maximum Gasteiger partial charge on any atom is 0.137 e. The SMILES string of the molecule is CCCC1CNCCN1Cc1ccc(F)c(Br)c1. The van der Waals surface area contributed by atoms with Gasteiger partial charge in [-0.1, -0.05) is 19.4 Å². The van der Waals surface area contributed by atoms with Gasteiger partial charge in [0.2, 0.25) is 0 Å². The van der Waals surface area contributed by atoms with Crippen molar-refractivity contribution >= 4 is 15.9 Å². The molecule has 0 bridgehead atoms. The molecule has 1 unspecified atom stereocenters. The van der Waals surface area contributed by atoms with E-state index in [0.717, 1.165) is 26.2 Å². The minimum Gasteiger partial charge on any atom is -0.314 e. The Hall–Kier alpha value is -0.450. The average Bonchev–Trinajstić information content (AvgIpc) is 2.37. The van der Waals surface area contributed by atoms with Gasteiger partial charge >= 0.3 is 0 Å². The molecule has 4 heteroatoms. The van der Waals surface area contributed by atoms with Gasteiger partial charge in [-0.05, 0) is 40.0 Å². The molecule has 1 aromatic carbocycles. The van der Waals surface area contributed by atoms with Crippen molar-refractivity contribution in [1.29, 1.82) is 0 Å². The van der Waals surface area contributed by atoms with E-state index in [2.05, 4.69) is 33.1 Å². The highest BCUT2D eigenvalue weighted by atomic mass is 79.9. The number of rotatable bonds is 4. The van der Waals surface area contributed by atoms with Crippen LogP contribution in [0.15, 0.2) is 22.7 Å². The second kappa shape index (κ2) is 6.64. The molecular weight excluding hydrogens is 295 g/mol. The Bertz CT molecular complexity index is 395. The maximum atomic E-state index is 13.2. The molecule has 2 nitrogen and oxygen atoms in total. The van der Waals surface area contributed by atoms with Crippen LogP contribution < -0.4 is 5.32 Å². The maximum absolute atomic E-state index is 13.2. The van der Waals surface area contributed by atoms with E-state index in [9.17, 15) is 4.39 Å². The zero-order valence-corrected chi connectivity index (χ0v) is 12.3. The van der Waals surface area contributed by atoms with Crippen molar-refractivity contribution in [3.05, 3.63) is 34.1 Å². The third-order valence-electron chi connectivity index (χ3n) is 3.46. The van der Waals surface area contributed by atoms with Gasteiger partial charge < -0.3 is 5.32 Å². The number of nitrogens with one attached hydrogen (secondary N) is 1. The molecule has 0 saturated carbocycles. The van der Waals surface area contributed by atoms with Gasteiger partial charge in [0, 0.05) is 32.2 Å². The van der Waals surface area contributed by atoms with Crippen molar-refractivity contribution in [2.24, 2.45) is 0 Å². The number of hydrogen-bond acceptors (Lipinski definition) is 2. The smallest absolute Gasteiger partial charge is 0.137 e. The molecule has 1 N–H and O–H groups in total. The summed E-state index contributed by atoms with van der Waals surface area (Å²) >= 11 is 3.25. The lowest BCUT2D eigenvalue weighted by atomic mass is 10.1. The molecule has 0 aromatic heterocycles. The summed E-state index contributed by atoms with van der Waals surface area (Å²) in [7, 11) is 0. The van der Waals surface area contributed by atoms with Crippen LogP contribution in [0.25, 0.3) is 0 Å². The van der Waals surface area contributed by atoms with Crippen molar-refractivity contribution in [3.63, 3.8) is 0 Å². The van der Waals surface area contributed by atoms with Gasteiger partial charge in [-0.3, -0.25) is 4.90 Å². The zero-order valence-electron chi connectivity index (χ0n) is 10.8. The van der Waals surface area contributed by atoms with E-state index in [1.54, 1.807) is 0 Å². The molecule has 1 fully saturated rings. The van der Waals surface area contributed by atoms with E-state index in [-0.39, 0.29) is 5.82 Å². The molecule has 1 heterocycles. The minimum atomic E-state index is -0.191. The quantitative estimate of drug-likeness (QED) is 0.918. The number of piperazine rings is 1. The fourth-order valence-electron chi connectivity index (χ4n) is 2.50. The van der Waals surface area contributed by atoms with Crippen molar-refractivity contribution in [1.82, 2.24) is 10.2 Å². The molecule has 1 aliphatic rings. The van der Waals surface area contributed by atoms with E-state index < -0.39 is 0 Å². The lowest BCUT2D eigenvalue weighted by molar-refractivity contribution is 0.144. The minimum absolute atomic E-state index is 0.191. The van der Waals surface area contributed by atoms with Crippen LogP contribution in [-0.2, 0) is 6.54 Å².